The Labute approximate surface area is 160 Å². The number of nitrogens with one attached hydrogen (secondary N) is 3. The molecule has 1 heterocycles. The number of hydrogen-bond acceptors (Lipinski definition) is 4. The topological polar surface area (TPSA) is 88.7 Å². The molecule has 0 saturated heterocycles. The highest BCUT2D eigenvalue weighted by Gasteiger charge is 2.17. The van der Waals surface area contributed by atoms with Gasteiger partial charge in [-0.1, -0.05) is 25.3 Å². The van der Waals surface area contributed by atoms with E-state index in [4.69, 9.17) is 9.47 Å². The molecule has 1 fully saturated rings. The molecule has 27 heavy (non-hydrogen) atoms. The lowest BCUT2D eigenvalue weighted by Gasteiger charge is -2.23. The Morgan fingerprint density at radius 3 is 2.63 bits per heavy atom. The van der Waals surface area contributed by atoms with Crippen LogP contribution in [0.4, 0.5) is 4.79 Å². The van der Waals surface area contributed by atoms with Crippen LogP contribution in [0.1, 0.15) is 57.1 Å². The molecule has 7 heteroatoms. The highest BCUT2D eigenvalue weighted by Crippen LogP contribution is 2.32. The maximum Gasteiger partial charge on any atom is 0.315 e. The zero-order valence-electron chi connectivity index (χ0n) is 15.9. The molecular weight excluding hydrogens is 346 g/mol. The third kappa shape index (κ3) is 5.77. The molecule has 3 N–H and O–H groups in total. The van der Waals surface area contributed by atoms with Gasteiger partial charge in [0.15, 0.2) is 11.5 Å². The van der Waals surface area contributed by atoms with Crippen molar-refractivity contribution in [3.63, 3.8) is 0 Å². The molecule has 1 aliphatic heterocycles. The van der Waals surface area contributed by atoms with Gasteiger partial charge in [0, 0.05) is 19.0 Å². The van der Waals surface area contributed by atoms with Gasteiger partial charge in [-0.05, 0) is 37.5 Å². The maximum absolute atomic E-state index is 12.1. The molecular formula is C20H29N3O4. The molecule has 3 amide bonds. The van der Waals surface area contributed by atoms with Gasteiger partial charge in [-0.15, -0.1) is 0 Å². The van der Waals surface area contributed by atoms with Gasteiger partial charge in [0.25, 0.3) is 0 Å². The number of hydrogen-bond donors (Lipinski definition) is 3. The van der Waals surface area contributed by atoms with Gasteiger partial charge in [0.1, 0.15) is 13.2 Å². The van der Waals surface area contributed by atoms with Crippen LogP contribution >= 0.6 is 0 Å². The molecule has 3 rings (SSSR count). The molecule has 1 unspecified atom stereocenters. The van der Waals surface area contributed by atoms with E-state index in [-0.39, 0.29) is 30.4 Å². The zero-order valence-corrected chi connectivity index (χ0v) is 15.9. The maximum atomic E-state index is 12.1. The molecule has 1 aromatic carbocycles. The molecule has 1 atom stereocenters. The second-order valence-corrected chi connectivity index (χ2v) is 7.18. The SMILES string of the molecule is CC(NC(=O)CCNC(=O)NC1CCCCC1)c1ccc2c(c1)OCCO2. The number of ether oxygens (including phenoxy) is 2. The first-order chi connectivity index (χ1) is 13.1. The predicted molar refractivity (Wildman–Crippen MR) is 102 cm³/mol. The van der Waals surface area contributed by atoms with E-state index < -0.39 is 0 Å². The lowest BCUT2D eigenvalue weighted by atomic mass is 9.96. The van der Waals surface area contributed by atoms with Crippen molar-refractivity contribution in [1.82, 2.24) is 16.0 Å². The van der Waals surface area contributed by atoms with Gasteiger partial charge < -0.3 is 25.4 Å². The first-order valence-corrected chi connectivity index (χ1v) is 9.85. The molecule has 0 aromatic heterocycles. The van der Waals surface area contributed by atoms with Crippen molar-refractivity contribution in [2.45, 2.75) is 57.5 Å². The summed E-state index contributed by atoms with van der Waals surface area (Å²) >= 11 is 0. The second kappa shape index (κ2) is 9.48. The zero-order chi connectivity index (χ0) is 19.1. The number of benzene rings is 1. The van der Waals surface area contributed by atoms with Crippen molar-refractivity contribution in [3.05, 3.63) is 23.8 Å². The minimum atomic E-state index is -0.186. The van der Waals surface area contributed by atoms with Gasteiger partial charge in [-0.2, -0.15) is 0 Å². The van der Waals surface area contributed by atoms with Crippen molar-refractivity contribution in [3.8, 4) is 11.5 Å². The minimum absolute atomic E-state index is 0.102. The summed E-state index contributed by atoms with van der Waals surface area (Å²) in [5, 5.41) is 8.70. The summed E-state index contributed by atoms with van der Waals surface area (Å²) in [6, 6.07) is 5.62. The average molecular weight is 375 g/mol. The Morgan fingerprint density at radius 1 is 1.11 bits per heavy atom. The second-order valence-electron chi connectivity index (χ2n) is 7.18. The van der Waals surface area contributed by atoms with Crippen LogP contribution in [0.25, 0.3) is 0 Å². The number of carbonyl (C=O) groups is 2. The number of fused-ring (bicyclic) bond motifs is 1. The van der Waals surface area contributed by atoms with Crippen molar-refractivity contribution < 1.29 is 19.1 Å². The van der Waals surface area contributed by atoms with E-state index in [0.717, 1.165) is 24.2 Å². The van der Waals surface area contributed by atoms with Crippen LogP contribution in [-0.4, -0.2) is 37.7 Å². The highest BCUT2D eigenvalue weighted by atomic mass is 16.6. The Bertz CT molecular complexity index is 659. The van der Waals surface area contributed by atoms with E-state index in [1.54, 1.807) is 0 Å². The third-order valence-electron chi connectivity index (χ3n) is 5.02. The molecule has 0 spiro atoms. The molecule has 1 aliphatic carbocycles. The molecule has 0 bridgehead atoms. The smallest absolute Gasteiger partial charge is 0.315 e. The molecule has 2 aliphatic rings. The third-order valence-corrected chi connectivity index (χ3v) is 5.02. The van der Waals surface area contributed by atoms with Crippen LogP contribution < -0.4 is 25.4 Å². The molecule has 0 radical (unpaired) electrons. The van der Waals surface area contributed by atoms with Gasteiger partial charge >= 0.3 is 6.03 Å². The van der Waals surface area contributed by atoms with Crippen molar-refractivity contribution in [2.24, 2.45) is 0 Å². The van der Waals surface area contributed by atoms with Gasteiger partial charge in [-0.25, -0.2) is 4.79 Å². The van der Waals surface area contributed by atoms with E-state index in [9.17, 15) is 9.59 Å². The van der Waals surface area contributed by atoms with E-state index >= 15 is 0 Å². The van der Waals surface area contributed by atoms with Crippen LogP contribution in [0, 0.1) is 0 Å². The van der Waals surface area contributed by atoms with Crippen molar-refractivity contribution in [1.29, 1.82) is 0 Å². The summed E-state index contributed by atoms with van der Waals surface area (Å²) in [5.41, 5.74) is 0.954. The van der Waals surface area contributed by atoms with E-state index in [0.29, 0.717) is 25.5 Å². The standard InChI is InChI=1S/C20H29N3O4/c1-14(15-7-8-17-18(13-15)27-12-11-26-17)22-19(24)9-10-21-20(25)23-16-5-3-2-4-6-16/h7-8,13-14,16H,2-6,9-12H2,1H3,(H,22,24)(H2,21,23,25). The predicted octanol–water partition coefficient (Wildman–Crippen LogP) is 2.66. The molecule has 148 valence electrons. The monoisotopic (exact) mass is 375 g/mol. The largest absolute Gasteiger partial charge is 0.486 e. The van der Waals surface area contributed by atoms with Gasteiger partial charge in [0.2, 0.25) is 5.91 Å². The number of urea groups is 1. The summed E-state index contributed by atoms with van der Waals surface area (Å²) < 4.78 is 11.1. The van der Waals surface area contributed by atoms with Gasteiger partial charge in [0.05, 0.1) is 6.04 Å². The van der Waals surface area contributed by atoms with E-state index in [1.807, 2.05) is 25.1 Å². The summed E-state index contributed by atoms with van der Waals surface area (Å²) in [6.07, 6.45) is 5.92. The number of amides is 3. The summed E-state index contributed by atoms with van der Waals surface area (Å²) in [4.78, 5) is 24.0. The van der Waals surface area contributed by atoms with Gasteiger partial charge in [-0.3, -0.25) is 4.79 Å². The number of rotatable bonds is 6. The molecule has 1 aromatic rings. The van der Waals surface area contributed by atoms with Crippen LogP contribution in [0.15, 0.2) is 18.2 Å². The molecule has 1 saturated carbocycles. The summed E-state index contributed by atoms with van der Waals surface area (Å²) in [5.74, 6) is 1.34. The Hall–Kier alpha value is -2.44. The first-order valence-electron chi connectivity index (χ1n) is 9.85. The summed E-state index contributed by atoms with van der Waals surface area (Å²) in [7, 11) is 0. The fourth-order valence-electron chi connectivity index (χ4n) is 3.50. The minimum Gasteiger partial charge on any atom is -0.486 e. The lowest BCUT2D eigenvalue weighted by molar-refractivity contribution is -0.121. The highest BCUT2D eigenvalue weighted by molar-refractivity contribution is 5.78. The normalized spacial score (nSPS) is 17.7. The van der Waals surface area contributed by atoms with Crippen LogP contribution in [0.2, 0.25) is 0 Å². The fourth-order valence-corrected chi connectivity index (χ4v) is 3.50. The Kier molecular flexibility index (Phi) is 6.79. The lowest BCUT2D eigenvalue weighted by Crippen LogP contribution is -2.43. The summed E-state index contributed by atoms with van der Waals surface area (Å²) in [6.45, 7) is 3.33. The van der Waals surface area contributed by atoms with Crippen LogP contribution in [0.5, 0.6) is 11.5 Å². The van der Waals surface area contributed by atoms with Crippen LogP contribution in [0.3, 0.4) is 0 Å². The Balaban J connectivity index is 1.37. The average Bonchev–Trinajstić information content (AvgIpc) is 2.68. The van der Waals surface area contributed by atoms with Crippen molar-refractivity contribution in [2.75, 3.05) is 19.8 Å². The first kappa shape index (κ1) is 19.3. The van der Waals surface area contributed by atoms with Crippen LogP contribution in [-0.2, 0) is 4.79 Å². The fraction of sp³-hybridized carbons (Fsp3) is 0.600. The van der Waals surface area contributed by atoms with E-state index in [2.05, 4.69) is 16.0 Å². The van der Waals surface area contributed by atoms with E-state index in [1.165, 1.54) is 19.3 Å². The quantitative estimate of drug-likeness (QED) is 0.713. The van der Waals surface area contributed by atoms with Crippen molar-refractivity contribution >= 4 is 11.9 Å². The molecule has 7 nitrogen and oxygen atoms in total. The Morgan fingerprint density at radius 2 is 1.85 bits per heavy atom. The number of carbonyl (C=O) groups excluding carboxylic acids is 2.